The Balaban J connectivity index is 1.60. The van der Waals surface area contributed by atoms with Gasteiger partial charge in [-0.1, -0.05) is 24.6 Å². The van der Waals surface area contributed by atoms with E-state index < -0.39 is 5.60 Å². The third kappa shape index (κ3) is 3.39. The first-order valence-corrected chi connectivity index (χ1v) is 8.84. The van der Waals surface area contributed by atoms with Crippen LogP contribution in [-0.2, 0) is 11.2 Å². The van der Waals surface area contributed by atoms with E-state index in [-0.39, 0.29) is 17.1 Å². The number of rotatable bonds is 5. The molecule has 0 bridgehead atoms. The fourth-order valence-corrected chi connectivity index (χ4v) is 4.05. The fraction of sp³-hybridized carbons (Fsp3) is 0.550. The van der Waals surface area contributed by atoms with Gasteiger partial charge in [0.05, 0.1) is 11.0 Å². The molecule has 1 aromatic rings. The molecule has 1 aromatic carbocycles. The maximum Gasteiger partial charge on any atom is 0.229 e. The number of halogens is 1. The maximum atomic E-state index is 13.3. The summed E-state index contributed by atoms with van der Waals surface area (Å²) in [7, 11) is 0. The number of allylic oxidation sites excluding steroid dienone is 1. The predicted molar refractivity (Wildman–Crippen MR) is 92.0 cm³/mol. The monoisotopic (exact) mass is 331 g/mol. The average molecular weight is 331 g/mol. The van der Waals surface area contributed by atoms with Crippen LogP contribution in [0, 0.1) is 11.2 Å². The van der Waals surface area contributed by atoms with E-state index in [0.717, 1.165) is 31.2 Å². The molecule has 1 amide bonds. The number of amides is 1. The lowest BCUT2D eigenvalue weighted by Crippen LogP contribution is -2.53. The lowest BCUT2D eigenvalue weighted by atomic mass is 9.65. The first kappa shape index (κ1) is 17.2. The molecule has 2 aliphatic rings. The van der Waals surface area contributed by atoms with Crippen molar-refractivity contribution in [2.45, 2.75) is 50.5 Å². The quantitative estimate of drug-likeness (QED) is 0.839. The summed E-state index contributed by atoms with van der Waals surface area (Å²) in [5.74, 6) is -0.0541. The molecular weight excluding hydrogens is 305 g/mol. The van der Waals surface area contributed by atoms with Crippen LogP contribution in [0.3, 0.4) is 0 Å². The molecule has 3 nitrogen and oxygen atoms in total. The summed E-state index contributed by atoms with van der Waals surface area (Å²) < 4.78 is 13.3. The summed E-state index contributed by atoms with van der Waals surface area (Å²) in [6.07, 6.45) is 7.11. The van der Waals surface area contributed by atoms with E-state index in [9.17, 15) is 14.3 Å². The van der Waals surface area contributed by atoms with Crippen LogP contribution in [-0.4, -0.2) is 34.6 Å². The minimum atomic E-state index is -0.851. The van der Waals surface area contributed by atoms with Crippen LogP contribution >= 0.6 is 0 Å². The van der Waals surface area contributed by atoms with Crippen LogP contribution in [0.25, 0.3) is 0 Å². The second-order valence-electron chi connectivity index (χ2n) is 7.45. The zero-order valence-corrected chi connectivity index (χ0v) is 14.1. The third-order valence-electron chi connectivity index (χ3n) is 5.70. The van der Waals surface area contributed by atoms with Gasteiger partial charge in [0.2, 0.25) is 5.91 Å². The first-order valence-electron chi connectivity index (χ1n) is 8.84. The smallest absolute Gasteiger partial charge is 0.229 e. The lowest BCUT2D eigenvalue weighted by Gasteiger charge is -2.46. The summed E-state index contributed by atoms with van der Waals surface area (Å²) in [5.41, 5.74) is -0.283. The molecule has 1 saturated carbocycles. The molecule has 1 aliphatic carbocycles. The topological polar surface area (TPSA) is 40.5 Å². The van der Waals surface area contributed by atoms with Crippen molar-refractivity contribution in [3.8, 4) is 0 Å². The molecule has 0 atom stereocenters. The number of piperidine rings is 1. The maximum absolute atomic E-state index is 13.3. The van der Waals surface area contributed by atoms with E-state index in [4.69, 9.17) is 0 Å². The number of carbonyl (C=O) groups excluding carboxylic acids is 1. The van der Waals surface area contributed by atoms with Crippen molar-refractivity contribution in [1.82, 2.24) is 4.90 Å². The SMILES string of the molecule is C=CCC1(C(=O)N2CCC(O)(Cc3cccc(F)c3)CC2)CCC1. The van der Waals surface area contributed by atoms with E-state index in [0.29, 0.717) is 32.4 Å². The van der Waals surface area contributed by atoms with Crippen LogP contribution in [0.1, 0.15) is 44.1 Å². The highest BCUT2D eigenvalue weighted by atomic mass is 19.1. The van der Waals surface area contributed by atoms with Gasteiger partial charge in [-0.05, 0) is 49.8 Å². The van der Waals surface area contributed by atoms with Crippen molar-refractivity contribution in [3.05, 3.63) is 48.3 Å². The summed E-state index contributed by atoms with van der Waals surface area (Å²) >= 11 is 0. The Bertz CT molecular complexity index is 616. The zero-order valence-electron chi connectivity index (χ0n) is 14.1. The molecule has 1 N–H and O–H groups in total. The minimum Gasteiger partial charge on any atom is -0.389 e. The lowest BCUT2D eigenvalue weighted by molar-refractivity contribution is -0.151. The Morgan fingerprint density at radius 2 is 2.00 bits per heavy atom. The van der Waals surface area contributed by atoms with Crippen molar-refractivity contribution >= 4 is 5.91 Å². The molecule has 0 spiro atoms. The molecule has 130 valence electrons. The summed E-state index contributed by atoms with van der Waals surface area (Å²) in [4.78, 5) is 14.8. The van der Waals surface area contributed by atoms with Crippen molar-refractivity contribution in [2.75, 3.05) is 13.1 Å². The first-order chi connectivity index (χ1) is 11.5. The van der Waals surface area contributed by atoms with Crippen molar-refractivity contribution < 1.29 is 14.3 Å². The summed E-state index contributed by atoms with van der Waals surface area (Å²) in [6, 6.07) is 6.39. The van der Waals surface area contributed by atoms with Gasteiger partial charge in [0.1, 0.15) is 5.82 Å². The van der Waals surface area contributed by atoms with Crippen LogP contribution in [0.4, 0.5) is 4.39 Å². The molecule has 24 heavy (non-hydrogen) atoms. The second-order valence-corrected chi connectivity index (χ2v) is 7.45. The van der Waals surface area contributed by atoms with Gasteiger partial charge < -0.3 is 10.0 Å². The number of nitrogens with zero attached hydrogens (tertiary/aromatic N) is 1. The molecule has 0 unspecified atom stereocenters. The van der Waals surface area contributed by atoms with E-state index in [1.807, 2.05) is 17.0 Å². The number of carbonyl (C=O) groups is 1. The van der Waals surface area contributed by atoms with E-state index in [2.05, 4.69) is 6.58 Å². The van der Waals surface area contributed by atoms with Crippen LogP contribution in [0.5, 0.6) is 0 Å². The molecule has 3 rings (SSSR count). The van der Waals surface area contributed by atoms with Gasteiger partial charge in [-0.3, -0.25) is 4.79 Å². The fourth-order valence-electron chi connectivity index (χ4n) is 4.05. The zero-order chi connectivity index (χ0) is 17.2. The van der Waals surface area contributed by atoms with E-state index in [1.54, 1.807) is 6.07 Å². The molecular formula is C20H26FNO2. The van der Waals surface area contributed by atoms with Gasteiger partial charge in [-0.2, -0.15) is 0 Å². The highest BCUT2D eigenvalue weighted by Gasteiger charge is 2.46. The van der Waals surface area contributed by atoms with Gasteiger partial charge in [0.15, 0.2) is 0 Å². The normalized spacial score (nSPS) is 21.8. The van der Waals surface area contributed by atoms with E-state index >= 15 is 0 Å². The van der Waals surface area contributed by atoms with Crippen LogP contribution in [0.2, 0.25) is 0 Å². The van der Waals surface area contributed by atoms with Gasteiger partial charge in [-0.25, -0.2) is 4.39 Å². The van der Waals surface area contributed by atoms with Crippen LogP contribution < -0.4 is 0 Å². The van der Waals surface area contributed by atoms with Crippen molar-refractivity contribution in [3.63, 3.8) is 0 Å². The predicted octanol–water partition coefficient (Wildman–Crippen LogP) is 3.47. The Kier molecular flexibility index (Phi) is 4.77. The second kappa shape index (κ2) is 6.67. The number of benzene rings is 1. The Morgan fingerprint density at radius 3 is 2.54 bits per heavy atom. The number of likely N-dealkylation sites (tertiary alicyclic amines) is 1. The number of hydrogen-bond donors (Lipinski definition) is 1. The van der Waals surface area contributed by atoms with Gasteiger partial charge in [0.25, 0.3) is 0 Å². The molecule has 2 fully saturated rings. The largest absolute Gasteiger partial charge is 0.389 e. The highest BCUT2D eigenvalue weighted by molar-refractivity contribution is 5.84. The van der Waals surface area contributed by atoms with Crippen LogP contribution in [0.15, 0.2) is 36.9 Å². The molecule has 0 radical (unpaired) electrons. The highest BCUT2D eigenvalue weighted by Crippen LogP contribution is 2.46. The molecule has 1 saturated heterocycles. The third-order valence-corrected chi connectivity index (χ3v) is 5.70. The van der Waals surface area contributed by atoms with Crippen molar-refractivity contribution in [2.24, 2.45) is 5.41 Å². The Hall–Kier alpha value is -1.68. The molecule has 0 aromatic heterocycles. The molecule has 1 aliphatic heterocycles. The minimum absolute atomic E-state index is 0.224. The van der Waals surface area contributed by atoms with Crippen molar-refractivity contribution in [1.29, 1.82) is 0 Å². The average Bonchev–Trinajstić information content (AvgIpc) is 2.51. The number of aliphatic hydroxyl groups is 1. The van der Waals surface area contributed by atoms with Gasteiger partial charge >= 0.3 is 0 Å². The van der Waals surface area contributed by atoms with Gasteiger partial charge in [0, 0.05) is 19.5 Å². The number of hydrogen-bond acceptors (Lipinski definition) is 2. The Labute approximate surface area is 143 Å². The molecule has 1 heterocycles. The Morgan fingerprint density at radius 1 is 1.29 bits per heavy atom. The standard InChI is InChI=1S/C20H26FNO2/c1-2-7-19(8-4-9-19)18(23)22-12-10-20(24,11-13-22)15-16-5-3-6-17(21)14-16/h2-3,5-6,14,24H,1,4,7-13,15H2. The van der Waals surface area contributed by atoms with Gasteiger partial charge in [-0.15, -0.1) is 6.58 Å². The summed E-state index contributed by atoms with van der Waals surface area (Å²) in [5, 5.41) is 10.8. The van der Waals surface area contributed by atoms with E-state index in [1.165, 1.54) is 12.1 Å². The molecule has 4 heteroatoms. The summed E-state index contributed by atoms with van der Waals surface area (Å²) in [6.45, 7) is 4.94.